The Morgan fingerprint density at radius 3 is 2.60 bits per heavy atom. The second kappa shape index (κ2) is 6.92. The van der Waals surface area contributed by atoms with Crippen LogP contribution in [0.2, 0.25) is 0 Å². The second-order valence-corrected chi connectivity index (χ2v) is 7.04. The fourth-order valence-electron chi connectivity index (χ4n) is 3.61. The highest BCUT2D eigenvalue weighted by atomic mass is 16.6. The zero-order valence-corrected chi connectivity index (χ0v) is 14.9. The van der Waals surface area contributed by atoms with Crippen molar-refractivity contribution in [3.05, 3.63) is 59.2 Å². The van der Waals surface area contributed by atoms with E-state index in [9.17, 15) is 0 Å². The van der Waals surface area contributed by atoms with E-state index in [0.29, 0.717) is 5.92 Å². The molecule has 2 aromatic rings. The molecule has 0 aliphatic carbocycles. The molecule has 3 heterocycles. The molecule has 4 rings (SSSR count). The van der Waals surface area contributed by atoms with Crippen molar-refractivity contribution in [3.63, 3.8) is 0 Å². The summed E-state index contributed by atoms with van der Waals surface area (Å²) in [6, 6.07) is 8.55. The summed E-state index contributed by atoms with van der Waals surface area (Å²) in [5.41, 5.74) is 4.68. The van der Waals surface area contributed by atoms with Gasteiger partial charge in [-0.2, -0.15) is 0 Å². The Kier molecular flexibility index (Phi) is 4.49. The van der Waals surface area contributed by atoms with Gasteiger partial charge in [-0.1, -0.05) is 41.9 Å². The molecule has 0 amide bonds. The number of hydrogen-bond donors (Lipinski definition) is 0. The zero-order valence-electron chi connectivity index (χ0n) is 14.9. The third kappa shape index (κ3) is 3.42. The number of rotatable bonds is 5. The van der Waals surface area contributed by atoms with Gasteiger partial charge >= 0.3 is 0 Å². The number of oxime groups is 1. The third-order valence-corrected chi connectivity index (χ3v) is 4.97. The molecule has 1 aromatic carbocycles. The lowest BCUT2D eigenvalue weighted by Crippen LogP contribution is -2.23. The van der Waals surface area contributed by atoms with Gasteiger partial charge in [0.15, 0.2) is 0 Å². The molecule has 2 aliphatic heterocycles. The Bertz CT molecular complexity index is 754. The Morgan fingerprint density at radius 2 is 1.88 bits per heavy atom. The normalized spacial score (nSPS) is 22.6. The smallest absolute Gasteiger partial charge is 0.149 e. The molecule has 2 aliphatic rings. The minimum Gasteiger partial charge on any atom is -0.390 e. The molecule has 130 valence electrons. The van der Waals surface area contributed by atoms with E-state index in [2.05, 4.69) is 58.1 Å². The summed E-state index contributed by atoms with van der Waals surface area (Å²) in [5.74, 6) is 1.28. The number of benzene rings is 1. The van der Waals surface area contributed by atoms with Gasteiger partial charge in [-0.25, -0.2) is 9.97 Å². The van der Waals surface area contributed by atoms with Crippen LogP contribution >= 0.6 is 0 Å². The average molecular weight is 336 g/mol. The fraction of sp³-hybridized carbons (Fsp3) is 0.450. The van der Waals surface area contributed by atoms with E-state index in [1.165, 1.54) is 11.1 Å². The van der Waals surface area contributed by atoms with Crippen LogP contribution < -0.4 is 0 Å². The van der Waals surface area contributed by atoms with Crippen LogP contribution in [0.1, 0.15) is 35.9 Å². The van der Waals surface area contributed by atoms with Crippen LogP contribution in [0.5, 0.6) is 0 Å². The first-order chi connectivity index (χ1) is 12.2. The lowest BCUT2D eigenvalue weighted by atomic mass is 9.94. The molecular weight excluding hydrogens is 312 g/mol. The Morgan fingerprint density at radius 1 is 1.12 bits per heavy atom. The maximum Gasteiger partial charge on any atom is 0.149 e. The van der Waals surface area contributed by atoms with Crippen molar-refractivity contribution < 1.29 is 4.84 Å². The maximum atomic E-state index is 5.71. The van der Waals surface area contributed by atoms with Gasteiger partial charge in [0.25, 0.3) is 0 Å². The molecule has 5 nitrogen and oxygen atoms in total. The van der Waals surface area contributed by atoms with E-state index >= 15 is 0 Å². The number of hydrogen-bond acceptors (Lipinski definition) is 5. The number of aryl methyl sites for hydroxylation is 2. The molecule has 1 aromatic heterocycles. The van der Waals surface area contributed by atoms with Crippen LogP contribution in [0.4, 0.5) is 0 Å². The summed E-state index contributed by atoms with van der Waals surface area (Å²) in [6.45, 7) is 6.98. The lowest BCUT2D eigenvalue weighted by molar-refractivity contribution is 0.0745. The van der Waals surface area contributed by atoms with Gasteiger partial charge in [0.2, 0.25) is 0 Å². The largest absolute Gasteiger partial charge is 0.390 e. The topological polar surface area (TPSA) is 50.6 Å². The molecular formula is C20H24N4O. The summed E-state index contributed by atoms with van der Waals surface area (Å²) in [7, 11) is 0. The Balaban J connectivity index is 1.41. The highest BCUT2D eigenvalue weighted by Crippen LogP contribution is 2.30. The third-order valence-electron chi connectivity index (χ3n) is 4.97. The molecule has 2 atom stereocenters. The average Bonchev–Trinajstić information content (AvgIpc) is 3.18. The molecule has 2 unspecified atom stereocenters. The van der Waals surface area contributed by atoms with Crippen molar-refractivity contribution in [2.45, 2.75) is 39.3 Å². The van der Waals surface area contributed by atoms with E-state index in [-0.39, 0.29) is 6.10 Å². The first kappa shape index (κ1) is 16.2. The maximum absolute atomic E-state index is 5.71. The second-order valence-electron chi connectivity index (χ2n) is 7.04. The highest BCUT2D eigenvalue weighted by molar-refractivity contribution is 6.03. The quantitative estimate of drug-likeness (QED) is 0.842. The number of aromatic nitrogens is 2. The molecule has 0 radical (unpaired) electrons. The molecule has 0 spiro atoms. The van der Waals surface area contributed by atoms with Gasteiger partial charge in [-0.15, -0.1) is 0 Å². The van der Waals surface area contributed by atoms with Gasteiger partial charge in [0, 0.05) is 44.0 Å². The van der Waals surface area contributed by atoms with Crippen molar-refractivity contribution in [2.75, 3.05) is 13.1 Å². The van der Waals surface area contributed by atoms with Crippen LogP contribution in [0.3, 0.4) is 0 Å². The van der Waals surface area contributed by atoms with Gasteiger partial charge in [0.1, 0.15) is 11.9 Å². The van der Waals surface area contributed by atoms with Crippen molar-refractivity contribution in [2.24, 2.45) is 11.1 Å². The van der Waals surface area contributed by atoms with Gasteiger partial charge in [-0.3, -0.25) is 4.90 Å². The molecule has 25 heavy (non-hydrogen) atoms. The fourth-order valence-corrected chi connectivity index (χ4v) is 3.61. The van der Waals surface area contributed by atoms with E-state index in [1.807, 2.05) is 12.4 Å². The van der Waals surface area contributed by atoms with E-state index in [1.54, 1.807) is 0 Å². The van der Waals surface area contributed by atoms with E-state index in [4.69, 9.17) is 4.84 Å². The first-order valence-electron chi connectivity index (χ1n) is 9.06. The Labute approximate surface area is 148 Å². The monoisotopic (exact) mass is 336 g/mol. The van der Waals surface area contributed by atoms with Crippen molar-refractivity contribution in [1.82, 2.24) is 14.9 Å². The summed E-state index contributed by atoms with van der Waals surface area (Å²) in [4.78, 5) is 17.0. The van der Waals surface area contributed by atoms with Gasteiger partial charge < -0.3 is 4.84 Å². The summed E-state index contributed by atoms with van der Waals surface area (Å²) >= 11 is 0. The van der Waals surface area contributed by atoms with Crippen molar-refractivity contribution >= 4 is 5.71 Å². The predicted molar refractivity (Wildman–Crippen MR) is 97.4 cm³/mol. The van der Waals surface area contributed by atoms with E-state index < -0.39 is 0 Å². The SMILES string of the molecule is CCCc1ncc(CN2CC3ON=C(c4ccc(C)cc4)C3C2)cn1. The number of likely N-dealkylation sites (tertiary alicyclic amines) is 1. The summed E-state index contributed by atoms with van der Waals surface area (Å²) < 4.78 is 0. The predicted octanol–water partition coefficient (Wildman–Crippen LogP) is 2.97. The molecule has 1 fully saturated rings. The minimum absolute atomic E-state index is 0.164. The van der Waals surface area contributed by atoms with Gasteiger partial charge in [0.05, 0.1) is 11.6 Å². The summed E-state index contributed by atoms with van der Waals surface area (Å²) in [6.07, 6.45) is 6.10. The highest BCUT2D eigenvalue weighted by Gasteiger charge is 2.42. The zero-order chi connectivity index (χ0) is 17.2. The van der Waals surface area contributed by atoms with E-state index in [0.717, 1.165) is 49.6 Å². The molecule has 1 saturated heterocycles. The van der Waals surface area contributed by atoms with Crippen LogP contribution in [0.25, 0.3) is 0 Å². The molecule has 5 heteroatoms. The molecule has 0 saturated carbocycles. The van der Waals surface area contributed by atoms with Crippen LogP contribution in [0, 0.1) is 12.8 Å². The first-order valence-corrected chi connectivity index (χ1v) is 9.06. The lowest BCUT2D eigenvalue weighted by Gasteiger charge is -2.16. The standard InChI is InChI=1S/C20H24N4O/c1-3-4-19-21-9-15(10-22-19)11-24-12-17-18(13-24)25-23-20(17)16-7-5-14(2)6-8-16/h5-10,17-18H,3-4,11-13H2,1-2H3. The van der Waals surface area contributed by atoms with Crippen LogP contribution in [-0.2, 0) is 17.8 Å². The minimum atomic E-state index is 0.164. The van der Waals surface area contributed by atoms with Crippen LogP contribution in [0.15, 0.2) is 41.8 Å². The molecule has 0 N–H and O–H groups in total. The molecule has 0 bridgehead atoms. The Hall–Kier alpha value is -2.27. The summed E-state index contributed by atoms with van der Waals surface area (Å²) in [5, 5.41) is 4.36. The van der Waals surface area contributed by atoms with Crippen molar-refractivity contribution in [3.8, 4) is 0 Å². The van der Waals surface area contributed by atoms with Crippen molar-refractivity contribution in [1.29, 1.82) is 0 Å². The number of fused-ring (bicyclic) bond motifs is 1. The number of nitrogens with zero attached hydrogens (tertiary/aromatic N) is 4. The van der Waals surface area contributed by atoms with Crippen LogP contribution in [-0.4, -0.2) is 39.8 Å². The van der Waals surface area contributed by atoms with Gasteiger partial charge in [-0.05, 0) is 18.9 Å².